The van der Waals surface area contributed by atoms with Gasteiger partial charge in [-0.25, -0.2) is 4.39 Å². The molecule has 8 heteroatoms. The van der Waals surface area contributed by atoms with Crippen LogP contribution in [0.2, 0.25) is 10.0 Å². The first-order valence-corrected chi connectivity index (χ1v) is 12.4. The molecule has 2 heterocycles. The van der Waals surface area contributed by atoms with E-state index < -0.39 is 40.8 Å². The van der Waals surface area contributed by atoms with Crippen molar-refractivity contribution in [2.75, 3.05) is 5.32 Å². The van der Waals surface area contributed by atoms with E-state index in [1.54, 1.807) is 51.1 Å². The topological polar surface area (TPSA) is 67.4 Å². The molecule has 2 aliphatic rings. The number of fused-ring (bicyclic) bond motifs is 2. The van der Waals surface area contributed by atoms with Gasteiger partial charge in [0.25, 0.3) is 0 Å². The highest BCUT2D eigenvalue weighted by Gasteiger charge is 2.66. The van der Waals surface area contributed by atoms with Gasteiger partial charge in [0.2, 0.25) is 5.91 Å². The first-order valence-electron chi connectivity index (χ1n) is 11.7. The number of hydrogen-bond acceptors (Lipinski definition) is 4. The van der Waals surface area contributed by atoms with Gasteiger partial charge in [0.05, 0.1) is 5.02 Å². The molecule has 0 radical (unpaired) electrons. The van der Waals surface area contributed by atoms with E-state index in [1.807, 2.05) is 0 Å². The molecule has 0 aromatic heterocycles. The first-order chi connectivity index (χ1) is 16.1. The summed E-state index contributed by atoms with van der Waals surface area (Å²) in [7, 11) is 0. The van der Waals surface area contributed by atoms with E-state index in [1.165, 1.54) is 6.07 Å². The second-order valence-corrected chi connectivity index (χ2v) is 12.5. The van der Waals surface area contributed by atoms with Crippen molar-refractivity contribution in [3.8, 4) is 0 Å². The number of carbonyl (C=O) groups is 2. The number of esters is 1. The molecule has 4 rings (SSSR count). The Balaban J connectivity index is 2.01. The van der Waals surface area contributed by atoms with Crippen molar-refractivity contribution >= 4 is 40.8 Å². The van der Waals surface area contributed by atoms with E-state index >= 15 is 4.39 Å². The van der Waals surface area contributed by atoms with Gasteiger partial charge in [-0.3, -0.25) is 14.9 Å². The zero-order chi connectivity index (χ0) is 25.9. The lowest BCUT2D eigenvalue weighted by Crippen LogP contribution is -2.49. The van der Waals surface area contributed by atoms with Crippen molar-refractivity contribution in [1.29, 1.82) is 0 Å². The molecule has 1 saturated heterocycles. The molecule has 5 nitrogen and oxygen atoms in total. The summed E-state index contributed by atoms with van der Waals surface area (Å²) in [4.78, 5) is 27.6. The lowest BCUT2D eigenvalue weighted by atomic mass is 9.62. The molecule has 188 valence electrons. The predicted octanol–water partition coefficient (Wildman–Crippen LogP) is 6.22. The predicted molar refractivity (Wildman–Crippen MR) is 137 cm³/mol. The summed E-state index contributed by atoms with van der Waals surface area (Å²) in [5.41, 5.74) is -0.852. The number of halogens is 3. The van der Waals surface area contributed by atoms with E-state index in [-0.39, 0.29) is 21.9 Å². The van der Waals surface area contributed by atoms with Crippen LogP contribution in [0.1, 0.15) is 65.0 Å². The normalized spacial score (nSPS) is 26.1. The number of amides is 1. The van der Waals surface area contributed by atoms with Gasteiger partial charge in [0, 0.05) is 22.7 Å². The Bertz CT molecular complexity index is 1190. The molecule has 2 aromatic carbocycles. The zero-order valence-corrected chi connectivity index (χ0v) is 22.3. The number of benzene rings is 2. The number of hydrogen-bond donors (Lipinski definition) is 2. The Labute approximate surface area is 215 Å². The lowest BCUT2D eigenvalue weighted by molar-refractivity contribution is -0.157. The fourth-order valence-electron chi connectivity index (χ4n) is 5.49. The largest absolute Gasteiger partial charge is 0.459 e. The Hall–Kier alpha value is -2.15. The van der Waals surface area contributed by atoms with Crippen LogP contribution in [-0.4, -0.2) is 29.6 Å². The molecule has 2 aliphatic heterocycles. The zero-order valence-electron chi connectivity index (χ0n) is 20.8. The SMILES string of the molecule is CC(C)(C)C[C@@H]1N[C@@H](C(=O)OC(C)(C)C)[C@H](c2cccc(Cl)c2F)C12C(=O)Nc1cc(Cl)ccc12. The van der Waals surface area contributed by atoms with Crippen LogP contribution in [0.25, 0.3) is 0 Å². The van der Waals surface area contributed by atoms with E-state index in [9.17, 15) is 9.59 Å². The van der Waals surface area contributed by atoms with E-state index in [2.05, 4.69) is 31.4 Å². The Kier molecular flexibility index (Phi) is 6.48. The number of anilines is 1. The summed E-state index contributed by atoms with van der Waals surface area (Å²) in [6.45, 7) is 11.5. The molecule has 0 aliphatic carbocycles. The molecule has 35 heavy (non-hydrogen) atoms. The molecular weight excluding hydrogens is 490 g/mol. The Morgan fingerprint density at radius 1 is 1.11 bits per heavy atom. The summed E-state index contributed by atoms with van der Waals surface area (Å²) in [5.74, 6) is -2.42. The second kappa shape index (κ2) is 8.75. The third-order valence-electron chi connectivity index (χ3n) is 6.60. The molecule has 0 bridgehead atoms. The Morgan fingerprint density at radius 3 is 2.43 bits per heavy atom. The molecule has 1 fully saturated rings. The van der Waals surface area contributed by atoms with Gasteiger partial charge in [0.15, 0.2) is 0 Å². The van der Waals surface area contributed by atoms with Crippen molar-refractivity contribution in [3.05, 3.63) is 63.4 Å². The lowest BCUT2D eigenvalue weighted by Gasteiger charge is -2.37. The van der Waals surface area contributed by atoms with Crippen molar-refractivity contribution in [2.45, 2.75) is 77.0 Å². The van der Waals surface area contributed by atoms with Gasteiger partial charge in [-0.15, -0.1) is 0 Å². The number of nitrogens with one attached hydrogen (secondary N) is 2. The Morgan fingerprint density at radius 2 is 1.80 bits per heavy atom. The minimum Gasteiger partial charge on any atom is -0.459 e. The fraction of sp³-hybridized carbons (Fsp3) is 0.481. The van der Waals surface area contributed by atoms with Crippen LogP contribution in [0.5, 0.6) is 0 Å². The summed E-state index contributed by atoms with van der Waals surface area (Å²) in [5, 5.41) is 6.75. The summed E-state index contributed by atoms with van der Waals surface area (Å²) in [6, 6.07) is 8.38. The van der Waals surface area contributed by atoms with E-state index in [0.29, 0.717) is 22.7 Å². The first kappa shape index (κ1) is 25.9. The molecule has 1 spiro atoms. The number of ether oxygens (including phenoxy) is 1. The molecule has 1 unspecified atom stereocenters. The van der Waals surface area contributed by atoms with Crippen LogP contribution < -0.4 is 10.6 Å². The van der Waals surface area contributed by atoms with Crippen LogP contribution in [0, 0.1) is 11.2 Å². The highest BCUT2D eigenvalue weighted by molar-refractivity contribution is 6.31. The summed E-state index contributed by atoms with van der Waals surface area (Å²) < 4.78 is 21.4. The van der Waals surface area contributed by atoms with Gasteiger partial charge < -0.3 is 10.1 Å². The van der Waals surface area contributed by atoms with Gasteiger partial charge in [0.1, 0.15) is 22.9 Å². The second-order valence-electron chi connectivity index (χ2n) is 11.6. The van der Waals surface area contributed by atoms with E-state index in [4.69, 9.17) is 27.9 Å². The van der Waals surface area contributed by atoms with Crippen molar-refractivity contribution in [2.24, 2.45) is 5.41 Å². The van der Waals surface area contributed by atoms with Crippen LogP contribution in [0.4, 0.5) is 10.1 Å². The third kappa shape index (κ3) is 4.56. The number of rotatable bonds is 3. The molecular formula is C27H31Cl2FN2O3. The van der Waals surface area contributed by atoms with Crippen LogP contribution in [0.15, 0.2) is 36.4 Å². The van der Waals surface area contributed by atoms with Gasteiger partial charge in [-0.2, -0.15) is 0 Å². The van der Waals surface area contributed by atoms with Gasteiger partial charge >= 0.3 is 5.97 Å². The standard InChI is InChI=1S/C27H31Cl2FN2O3/c1-25(2,3)13-19-27(16-11-10-14(28)12-18(16)31-24(27)34)20(15-8-7-9-17(29)21(15)30)22(32-19)23(33)35-26(4,5)6/h7-12,19-20,22,32H,13H2,1-6H3,(H,31,34)/t19-,20-,22+,27?/m0/s1. The molecule has 4 atom stereocenters. The smallest absolute Gasteiger partial charge is 0.324 e. The number of carbonyl (C=O) groups excluding carboxylic acids is 2. The van der Waals surface area contributed by atoms with Gasteiger partial charge in [-0.05, 0) is 61.9 Å². The van der Waals surface area contributed by atoms with Crippen molar-refractivity contribution in [1.82, 2.24) is 5.32 Å². The van der Waals surface area contributed by atoms with Gasteiger partial charge in [-0.1, -0.05) is 62.2 Å². The van der Waals surface area contributed by atoms with Crippen molar-refractivity contribution < 1.29 is 18.7 Å². The fourth-order valence-corrected chi connectivity index (χ4v) is 5.85. The van der Waals surface area contributed by atoms with Crippen LogP contribution in [-0.2, 0) is 19.7 Å². The summed E-state index contributed by atoms with van der Waals surface area (Å²) >= 11 is 12.4. The average Bonchev–Trinajstić information content (AvgIpc) is 3.17. The molecule has 1 amide bonds. The maximum absolute atomic E-state index is 15.6. The molecule has 2 aromatic rings. The maximum atomic E-state index is 15.6. The maximum Gasteiger partial charge on any atom is 0.324 e. The highest BCUT2D eigenvalue weighted by atomic mass is 35.5. The third-order valence-corrected chi connectivity index (χ3v) is 7.13. The van der Waals surface area contributed by atoms with Crippen LogP contribution >= 0.6 is 23.2 Å². The minimum atomic E-state index is -1.29. The minimum absolute atomic E-state index is 0.0744. The molecule has 2 N–H and O–H groups in total. The highest BCUT2D eigenvalue weighted by Crippen LogP contribution is 2.57. The van der Waals surface area contributed by atoms with Crippen LogP contribution in [0.3, 0.4) is 0 Å². The monoisotopic (exact) mass is 520 g/mol. The van der Waals surface area contributed by atoms with E-state index in [0.717, 1.165) is 0 Å². The quantitative estimate of drug-likeness (QED) is 0.471. The molecule has 0 saturated carbocycles. The van der Waals surface area contributed by atoms with Crippen molar-refractivity contribution in [3.63, 3.8) is 0 Å². The average molecular weight is 521 g/mol. The summed E-state index contributed by atoms with van der Waals surface area (Å²) in [6.07, 6.45) is 0.542.